The molecule has 0 aromatic carbocycles. The van der Waals surface area contributed by atoms with Crippen LogP contribution in [-0.4, -0.2) is 13.2 Å². The van der Waals surface area contributed by atoms with Crippen LogP contribution in [0.3, 0.4) is 0 Å². The van der Waals surface area contributed by atoms with Crippen LogP contribution in [0, 0.1) is 22.7 Å². The van der Waals surface area contributed by atoms with Crippen LogP contribution < -0.4 is 0 Å². The third-order valence-corrected chi connectivity index (χ3v) is 2.38. The number of hydrogen-bond acceptors (Lipinski definition) is 2. The number of nitrogens with zero attached hydrogens (tertiary/aromatic N) is 1. The zero-order valence-corrected chi connectivity index (χ0v) is 7.97. The molecule has 0 unspecified atom stereocenters. The lowest BCUT2D eigenvalue weighted by molar-refractivity contribution is 0.0192. The Morgan fingerprint density at radius 1 is 1.50 bits per heavy atom. The molecular weight excluding hydrogens is 150 g/mol. The smallest absolute Gasteiger partial charge is 0.0807 e. The van der Waals surface area contributed by atoms with Gasteiger partial charge in [-0.05, 0) is 18.8 Å². The van der Waals surface area contributed by atoms with E-state index < -0.39 is 0 Å². The van der Waals surface area contributed by atoms with Crippen LogP contribution in [0.15, 0.2) is 0 Å². The van der Waals surface area contributed by atoms with Gasteiger partial charge in [-0.25, -0.2) is 0 Å². The lowest BCUT2D eigenvalue weighted by Crippen LogP contribution is -2.33. The van der Waals surface area contributed by atoms with Crippen LogP contribution in [-0.2, 0) is 4.74 Å². The minimum atomic E-state index is -0.116. The van der Waals surface area contributed by atoms with Gasteiger partial charge >= 0.3 is 0 Å². The monoisotopic (exact) mass is 167 g/mol. The summed E-state index contributed by atoms with van der Waals surface area (Å²) >= 11 is 0. The number of rotatable bonds is 4. The molecule has 0 aromatic rings. The third-order valence-electron chi connectivity index (χ3n) is 2.38. The van der Waals surface area contributed by atoms with E-state index >= 15 is 0 Å². The fourth-order valence-electron chi connectivity index (χ4n) is 1.38. The maximum atomic E-state index is 8.87. The summed E-state index contributed by atoms with van der Waals surface area (Å²) < 4.78 is 5.47. The predicted octanol–water partition coefficient (Wildman–Crippen LogP) is 2.35. The van der Waals surface area contributed by atoms with Crippen molar-refractivity contribution in [2.24, 2.45) is 11.3 Å². The quantitative estimate of drug-likeness (QED) is 0.644. The summed E-state index contributed by atoms with van der Waals surface area (Å²) in [6, 6.07) is 2.36. The van der Waals surface area contributed by atoms with Crippen LogP contribution in [0.5, 0.6) is 0 Å². The van der Waals surface area contributed by atoms with E-state index in [1.807, 2.05) is 0 Å². The highest BCUT2D eigenvalue weighted by Gasteiger charge is 2.37. The van der Waals surface area contributed by atoms with E-state index in [4.69, 9.17) is 10.00 Å². The zero-order valence-electron chi connectivity index (χ0n) is 7.97. The van der Waals surface area contributed by atoms with E-state index in [-0.39, 0.29) is 5.41 Å². The molecule has 0 radical (unpaired) electrons. The van der Waals surface area contributed by atoms with Gasteiger partial charge in [0.1, 0.15) is 0 Å². The fraction of sp³-hybridized carbons (Fsp3) is 0.900. The van der Waals surface area contributed by atoms with Gasteiger partial charge in [-0.2, -0.15) is 5.26 Å². The summed E-state index contributed by atoms with van der Waals surface area (Å²) in [5.41, 5.74) is -0.116. The Hall–Kier alpha value is -0.550. The summed E-state index contributed by atoms with van der Waals surface area (Å²) in [5, 5.41) is 8.87. The molecule has 1 saturated carbocycles. The zero-order chi connectivity index (χ0) is 9.03. The van der Waals surface area contributed by atoms with Crippen LogP contribution in [0.2, 0.25) is 0 Å². The second-order valence-electron chi connectivity index (χ2n) is 4.15. The van der Waals surface area contributed by atoms with Gasteiger partial charge in [0.05, 0.1) is 18.1 Å². The van der Waals surface area contributed by atoms with Gasteiger partial charge in [-0.3, -0.25) is 0 Å². The Bertz CT molecular complexity index is 177. The number of ether oxygens (including phenoxy) is 1. The molecule has 0 saturated heterocycles. The molecule has 68 valence electrons. The van der Waals surface area contributed by atoms with Crippen molar-refractivity contribution >= 4 is 0 Å². The largest absolute Gasteiger partial charge is 0.380 e. The molecule has 2 heteroatoms. The highest BCUT2D eigenvalue weighted by Crippen LogP contribution is 2.40. The van der Waals surface area contributed by atoms with E-state index in [2.05, 4.69) is 19.9 Å². The van der Waals surface area contributed by atoms with Crippen molar-refractivity contribution in [3.8, 4) is 6.07 Å². The van der Waals surface area contributed by atoms with Gasteiger partial charge in [-0.15, -0.1) is 0 Å². The van der Waals surface area contributed by atoms with Crippen molar-refractivity contribution < 1.29 is 4.74 Å². The van der Waals surface area contributed by atoms with E-state index in [0.29, 0.717) is 12.5 Å². The first-order valence-electron chi connectivity index (χ1n) is 4.67. The maximum Gasteiger partial charge on any atom is 0.0807 e. The predicted molar refractivity (Wildman–Crippen MR) is 47.6 cm³/mol. The van der Waals surface area contributed by atoms with Crippen LogP contribution in [0.25, 0.3) is 0 Å². The average molecular weight is 167 g/mol. The van der Waals surface area contributed by atoms with Gasteiger partial charge in [0.25, 0.3) is 0 Å². The molecule has 1 rings (SSSR count). The maximum absolute atomic E-state index is 8.87. The van der Waals surface area contributed by atoms with Crippen LogP contribution in [0.4, 0.5) is 0 Å². The molecule has 0 N–H and O–H groups in total. The van der Waals surface area contributed by atoms with Crippen molar-refractivity contribution in [1.29, 1.82) is 5.26 Å². The van der Waals surface area contributed by atoms with Crippen LogP contribution >= 0.6 is 0 Å². The third kappa shape index (κ3) is 2.22. The van der Waals surface area contributed by atoms with Crippen molar-refractivity contribution in [1.82, 2.24) is 0 Å². The first kappa shape index (κ1) is 9.54. The minimum absolute atomic E-state index is 0.116. The second kappa shape index (κ2) is 3.91. The topological polar surface area (TPSA) is 33.0 Å². The Morgan fingerprint density at radius 2 is 2.17 bits per heavy atom. The molecule has 1 aliphatic carbocycles. The molecular formula is C10H17NO. The average Bonchev–Trinajstić information content (AvgIpc) is 1.94. The molecule has 0 amide bonds. The van der Waals surface area contributed by atoms with Crippen molar-refractivity contribution in [3.63, 3.8) is 0 Å². The summed E-state index contributed by atoms with van der Waals surface area (Å²) in [5.74, 6) is 0.570. The van der Waals surface area contributed by atoms with Crippen molar-refractivity contribution in [2.75, 3.05) is 13.2 Å². The van der Waals surface area contributed by atoms with E-state index in [0.717, 1.165) is 19.4 Å². The summed E-state index contributed by atoms with van der Waals surface area (Å²) in [6.45, 7) is 5.67. The molecule has 0 bridgehead atoms. The van der Waals surface area contributed by atoms with Gasteiger partial charge in [0.2, 0.25) is 0 Å². The second-order valence-corrected chi connectivity index (χ2v) is 4.15. The highest BCUT2D eigenvalue weighted by atomic mass is 16.5. The Kier molecular flexibility index (Phi) is 3.11. The SMILES string of the molecule is CC(C)COCC1(C#N)CCC1. The first-order valence-corrected chi connectivity index (χ1v) is 4.67. The Labute approximate surface area is 74.5 Å². The van der Waals surface area contributed by atoms with E-state index in [1.165, 1.54) is 6.42 Å². The molecule has 2 nitrogen and oxygen atoms in total. The number of hydrogen-bond donors (Lipinski definition) is 0. The summed E-state index contributed by atoms with van der Waals surface area (Å²) in [6.07, 6.45) is 3.25. The van der Waals surface area contributed by atoms with E-state index in [9.17, 15) is 0 Å². The molecule has 0 heterocycles. The standard InChI is InChI=1S/C10H17NO/c1-9(2)6-12-8-10(7-11)4-3-5-10/h9H,3-6,8H2,1-2H3. The van der Waals surface area contributed by atoms with E-state index in [1.54, 1.807) is 0 Å². The number of nitriles is 1. The molecule has 0 atom stereocenters. The summed E-state index contributed by atoms with van der Waals surface area (Å²) in [4.78, 5) is 0. The molecule has 1 aliphatic rings. The fourth-order valence-corrected chi connectivity index (χ4v) is 1.38. The Balaban J connectivity index is 2.18. The van der Waals surface area contributed by atoms with Gasteiger partial charge in [0, 0.05) is 6.61 Å². The van der Waals surface area contributed by atoms with Gasteiger partial charge < -0.3 is 4.74 Å². The lowest BCUT2D eigenvalue weighted by atomic mass is 9.71. The first-order chi connectivity index (χ1) is 5.68. The Morgan fingerprint density at radius 3 is 2.50 bits per heavy atom. The highest BCUT2D eigenvalue weighted by molar-refractivity contribution is 5.04. The normalized spacial score (nSPS) is 20.2. The molecule has 0 aromatic heterocycles. The molecule has 0 spiro atoms. The van der Waals surface area contributed by atoms with Gasteiger partial charge in [-0.1, -0.05) is 20.3 Å². The van der Waals surface area contributed by atoms with Crippen molar-refractivity contribution in [2.45, 2.75) is 33.1 Å². The molecule has 1 fully saturated rings. The molecule has 12 heavy (non-hydrogen) atoms. The van der Waals surface area contributed by atoms with Crippen LogP contribution in [0.1, 0.15) is 33.1 Å². The van der Waals surface area contributed by atoms with Gasteiger partial charge in [0.15, 0.2) is 0 Å². The summed E-state index contributed by atoms with van der Waals surface area (Å²) in [7, 11) is 0. The molecule has 0 aliphatic heterocycles. The van der Waals surface area contributed by atoms with Crippen molar-refractivity contribution in [3.05, 3.63) is 0 Å². The lowest BCUT2D eigenvalue weighted by Gasteiger charge is -2.34. The minimum Gasteiger partial charge on any atom is -0.380 e.